The van der Waals surface area contributed by atoms with Crippen molar-refractivity contribution in [3.8, 4) is 0 Å². The van der Waals surface area contributed by atoms with E-state index >= 15 is 0 Å². The summed E-state index contributed by atoms with van der Waals surface area (Å²) in [5.41, 5.74) is -0.114. The lowest BCUT2D eigenvalue weighted by molar-refractivity contribution is 0.0536. The van der Waals surface area contributed by atoms with Crippen molar-refractivity contribution < 1.29 is 14.1 Å². The Kier molecular flexibility index (Phi) is 4.99. The van der Waals surface area contributed by atoms with Crippen LogP contribution in [0.2, 0.25) is 0 Å². The van der Waals surface area contributed by atoms with Gasteiger partial charge in [0.1, 0.15) is 39.9 Å². The lowest BCUT2D eigenvalue weighted by atomic mass is 10.2. The molecule has 0 fully saturated rings. The summed E-state index contributed by atoms with van der Waals surface area (Å²) in [5, 5.41) is 0. The normalized spacial score (nSPS) is 14.6. The predicted octanol–water partition coefficient (Wildman–Crippen LogP) is 2.55. The van der Waals surface area contributed by atoms with Crippen LogP contribution in [0, 0.1) is 0 Å². The summed E-state index contributed by atoms with van der Waals surface area (Å²) >= 11 is -1.35. The van der Waals surface area contributed by atoms with Gasteiger partial charge in [-0.25, -0.2) is 14.3 Å². The third-order valence-corrected chi connectivity index (χ3v) is 3.36. The van der Waals surface area contributed by atoms with Gasteiger partial charge < -0.3 is 9.29 Å². The average molecular weight is 299 g/mol. The first kappa shape index (κ1) is 16.7. The van der Waals surface area contributed by atoms with Gasteiger partial charge >= 0.3 is 6.09 Å². The summed E-state index contributed by atoms with van der Waals surface area (Å²) in [5.74, 6) is 0. The van der Waals surface area contributed by atoms with E-state index in [1.165, 1.54) is 23.3 Å². The second-order valence-electron chi connectivity index (χ2n) is 6.28. The zero-order valence-corrected chi connectivity index (χ0v) is 13.5. The van der Waals surface area contributed by atoms with Crippen LogP contribution in [0.15, 0.2) is 16.9 Å². The van der Waals surface area contributed by atoms with E-state index in [4.69, 9.17) is 4.74 Å². The van der Waals surface area contributed by atoms with E-state index in [-0.39, 0.29) is 0 Å². The first-order valence-corrected chi connectivity index (χ1v) is 7.33. The van der Waals surface area contributed by atoms with Crippen molar-refractivity contribution in [3.63, 3.8) is 0 Å². The quantitative estimate of drug-likeness (QED) is 0.621. The number of ether oxygens (including phenoxy) is 1. The third-order valence-electron chi connectivity index (χ3n) is 2.01. The van der Waals surface area contributed by atoms with Crippen LogP contribution in [0.3, 0.4) is 0 Å². The van der Waals surface area contributed by atoms with Crippen LogP contribution in [0.1, 0.15) is 47.2 Å². The van der Waals surface area contributed by atoms with Gasteiger partial charge in [-0.2, -0.15) is 0 Å². The van der Waals surface area contributed by atoms with Gasteiger partial charge in [-0.1, -0.05) is 4.40 Å². The highest BCUT2D eigenvalue weighted by molar-refractivity contribution is 7.91. The van der Waals surface area contributed by atoms with E-state index in [1.807, 2.05) is 20.8 Å². The standard InChI is InChI=1S/C13H21N3O3S/c1-12(2,3)19-11(17)16-8-10(14-9-16)7-15-20(18)13(4,5)6/h7-9H,1-6H3/b15-7+. The van der Waals surface area contributed by atoms with Gasteiger partial charge in [-0.3, -0.25) is 0 Å². The molecule has 0 N–H and O–H groups in total. The van der Waals surface area contributed by atoms with Crippen molar-refractivity contribution in [1.29, 1.82) is 0 Å². The molecule has 0 saturated carbocycles. The Morgan fingerprint density at radius 1 is 1.40 bits per heavy atom. The van der Waals surface area contributed by atoms with Gasteiger partial charge in [-0.15, -0.1) is 0 Å². The van der Waals surface area contributed by atoms with Gasteiger partial charge in [-0.05, 0) is 41.5 Å². The summed E-state index contributed by atoms with van der Waals surface area (Å²) in [4.78, 5) is 15.8. The molecule has 0 amide bonds. The topological polar surface area (TPSA) is 79.5 Å². The number of carbonyl (C=O) groups excluding carboxylic acids is 1. The first-order chi connectivity index (χ1) is 8.99. The molecule has 0 aliphatic carbocycles. The molecule has 0 bridgehead atoms. The number of imidazole rings is 1. The molecule has 7 heteroatoms. The van der Waals surface area contributed by atoms with Crippen LogP contribution >= 0.6 is 0 Å². The molecule has 0 aromatic carbocycles. The third kappa shape index (κ3) is 5.34. The largest absolute Gasteiger partial charge is 0.591 e. The lowest BCUT2D eigenvalue weighted by Crippen LogP contribution is -2.26. The second-order valence-corrected chi connectivity index (χ2v) is 8.22. The zero-order valence-electron chi connectivity index (χ0n) is 12.7. The maximum absolute atomic E-state index is 11.8. The molecule has 0 aliphatic heterocycles. The SMILES string of the molecule is CC(C)(C)OC(=O)n1cnc(/C=N/[S+]([O-])C(C)(C)C)c1. The number of hydrogen-bond donors (Lipinski definition) is 0. The molecule has 0 aliphatic rings. The van der Waals surface area contributed by atoms with Gasteiger partial charge in [0.25, 0.3) is 0 Å². The first-order valence-electron chi connectivity index (χ1n) is 6.22. The molecule has 0 saturated heterocycles. The molecule has 1 rings (SSSR count). The summed E-state index contributed by atoms with van der Waals surface area (Å²) in [7, 11) is 0. The second kappa shape index (κ2) is 5.97. The van der Waals surface area contributed by atoms with Gasteiger partial charge in [0.15, 0.2) is 0 Å². The molecule has 1 heterocycles. The van der Waals surface area contributed by atoms with E-state index < -0.39 is 27.8 Å². The van der Waals surface area contributed by atoms with E-state index in [2.05, 4.69) is 9.38 Å². The smallest absolute Gasteiger partial charge is 0.419 e. The van der Waals surface area contributed by atoms with Crippen molar-refractivity contribution in [3.05, 3.63) is 18.2 Å². The highest BCUT2D eigenvalue weighted by Crippen LogP contribution is 2.16. The number of rotatable bonds is 2. The monoisotopic (exact) mass is 299 g/mol. The Bertz CT molecular complexity index is 498. The minimum atomic E-state index is -1.35. The van der Waals surface area contributed by atoms with E-state index in [0.29, 0.717) is 5.69 Å². The molecule has 6 nitrogen and oxygen atoms in total. The minimum Gasteiger partial charge on any atom is -0.591 e. The highest BCUT2D eigenvalue weighted by Gasteiger charge is 2.26. The van der Waals surface area contributed by atoms with Gasteiger partial charge in [0, 0.05) is 6.20 Å². The Labute approximate surface area is 122 Å². The highest BCUT2D eigenvalue weighted by atomic mass is 32.2. The van der Waals surface area contributed by atoms with E-state index in [0.717, 1.165) is 0 Å². The Hall–Kier alpha value is -1.34. The number of hydrogen-bond acceptors (Lipinski definition) is 5. The number of carbonyl (C=O) groups is 1. The maximum Gasteiger partial charge on any atom is 0.419 e. The van der Waals surface area contributed by atoms with Crippen molar-refractivity contribution in [1.82, 2.24) is 9.55 Å². The Morgan fingerprint density at radius 3 is 2.50 bits per heavy atom. The Morgan fingerprint density at radius 2 is 2.00 bits per heavy atom. The molecule has 0 radical (unpaired) electrons. The van der Waals surface area contributed by atoms with E-state index in [1.54, 1.807) is 20.8 Å². The summed E-state index contributed by atoms with van der Waals surface area (Å²) in [6, 6.07) is 0. The average Bonchev–Trinajstić information content (AvgIpc) is 2.70. The number of nitrogens with zero attached hydrogens (tertiary/aromatic N) is 3. The fourth-order valence-corrected chi connectivity index (χ4v) is 1.60. The van der Waals surface area contributed by atoms with Crippen LogP contribution in [-0.4, -0.2) is 36.8 Å². The van der Waals surface area contributed by atoms with Crippen LogP contribution in [0.5, 0.6) is 0 Å². The van der Waals surface area contributed by atoms with Crippen LogP contribution in [0.4, 0.5) is 4.79 Å². The molecule has 1 atom stereocenters. The summed E-state index contributed by atoms with van der Waals surface area (Å²) in [6.45, 7) is 10.9. The van der Waals surface area contributed by atoms with E-state index in [9.17, 15) is 9.35 Å². The van der Waals surface area contributed by atoms with Crippen LogP contribution < -0.4 is 0 Å². The zero-order chi connectivity index (χ0) is 15.6. The lowest BCUT2D eigenvalue weighted by Gasteiger charge is -2.19. The van der Waals surface area contributed by atoms with Crippen LogP contribution in [0.25, 0.3) is 0 Å². The van der Waals surface area contributed by atoms with Gasteiger partial charge in [0.05, 0.1) is 0 Å². The molecular weight excluding hydrogens is 278 g/mol. The molecule has 1 aromatic rings. The molecule has 1 aromatic heterocycles. The maximum atomic E-state index is 11.8. The Balaban J connectivity index is 2.73. The van der Waals surface area contributed by atoms with Crippen molar-refractivity contribution in [2.45, 2.75) is 51.9 Å². The molecular formula is C13H21N3O3S. The fraction of sp³-hybridized carbons (Fsp3) is 0.615. The molecule has 112 valence electrons. The fourth-order valence-electron chi connectivity index (χ4n) is 1.08. The van der Waals surface area contributed by atoms with Gasteiger partial charge in [0.2, 0.25) is 0 Å². The predicted molar refractivity (Wildman–Crippen MR) is 79.3 cm³/mol. The molecule has 20 heavy (non-hydrogen) atoms. The summed E-state index contributed by atoms with van der Waals surface area (Å²) in [6.07, 6.45) is 3.70. The van der Waals surface area contributed by atoms with Crippen molar-refractivity contribution >= 4 is 23.7 Å². The molecule has 1 unspecified atom stereocenters. The molecule has 0 spiro atoms. The van der Waals surface area contributed by atoms with Crippen LogP contribution in [-0.2, 0) is 16.1 Å². The summed E-state index contributed by atoms with van der Waals surface area (Å²) < 4.78 is 21.7. The number of aromatic nitrogens is 2. The van der Waals surface area contributed by atoms with Crippen molar-refractivity contribution in [2.75, 3.05) is 0 Å². The van der Waals surface area contributed by atoms with Crippen molar-refractivity contribution in [2.24, 2.45) is 4.40 Å². The minimum absolute atomic E-state index is 0.426.